The largest absolute Gasteiger partial charge is 0.361 e. The Morgan fingerprint density at radius 3 is 2.70 bits per heavy atom. The highest BCUT2D eigenvalue weighted by Gasteiger charge is 2.34. The fourth-order valence-corrected chi connectivity index (χ4v) is 2.96. The number of carbonyl (C=O) groups is 1. The van der Waals surface area contributed by atoms with Gasteiger partial charge in [-0.05, 0) is 26.7 Å². The molecule has 1 aliphatic heterocycles. The van der Waals surface area contributed by atoms with E-state index < -0.39 is 0 Å². The summed E-state index contributed by atoms with van der Waals surface area (Å²) in [6, 6.07) is -0.0979. The molecule has 0 aliphatic carbocycles. The van der Waals surface area contributed by atoms with E-state index in [1.807, 2.05) is 32.6 Å². The monoisotopic (exact) mass is 318 g/mol. The van der Waals surface area contributed by atoms with E-state index >= 15 is 0 Å². The molecule has 1 saturated heterocycles. The van der Waals surface area contributed by atoms with Gasteiger partial charge in [0.15, 0.2) is 5.82 Å². The van der Waals surface area contributed by atoms with Crippen LogP contribution in [0.5, 0.6) is 0 Å². The van der Waals surface area contributed by atoms with Gasteiger partial charge >= 0.3 is 0 Å². The molecule has 2 aromatic heterocycles. The Hall–Kier alpha value is -2.18. The van der Waals surface area contributed by atoms with E-state index in [-0.39, 0.29) is 17.9 Å². The Balaban J connectivity index is 1.76. The van der Waals surface area contributed by atoms with Crippen LogP contribution in [0.2, 0.25) is 0 Å². The van der Waals surface area contributed by atoms with Crippen molar-refractivity contribution >= 4 is 5.91 Å². The van der Waals surface area contributed by atoms with Crippen LogP contribution in [0.15, 0.2) is 9.05 Å². The molecule has 0 spiro atoms. The lowest BCUT2D eigenvalue weighted by Gasteiger charge is -2.22. The first-order chi connectivity index (χ1) is 11.0. The molecule has 7 nitrogen and oxygen atoms in total. The summed E-state index contributed by atoms with van der Waals surface area (Å²) in [6.07, 6.45) is 2.11. The van der Waals surface area contributed by atoms with Crippen molar-refractivity contribution in [2.45, 2.75) is 58.9 Å². The van der Waals surface area contributed by atoms with Gasteiger partial charge in [-0.1, -0.05) is 24.2 Å². The molecule has 0 aromatic carbocycles. The maximum Gasteiger partial charge on any atom is 0.229 e. The van der Waals surface area contributed by atoms with Crippen LogP contribution >= 0.6 is 0 Å². The smallest absolute Gasteiger partial charge is 0.229 e. The Morgan fingerprint density at radius 2 is 2.09 bits per heavy atom. The van der Waals surface area contributed by atoms with Crippen LogP contribution in [0.4, 0.5) is 0 Å². The minimum atomic E-state index is -0.0979. The highest BCUT2D eigenvalue weighted by Crippen LogP contribution is 2.31. The molecule has 0 radical (unpaired) electrons. The first kappa shape index (κ1) is 15.7. The van der Waals surface area contributed by atoms with Crippen LogP contribution in [0.3, 0.4) is 0 Å². The maximum absolute atomic E-state index is 12.7. The van der Waals surface area contributed by atoms with E-state index in [2.05, 4.69) is 15.3 Å². The molecule has 0 N–H and O–H groups in total. The minimum absolute atomic E-state index is 0.0535. The average molecular weight is 318 g/mol. The number of rotatable bonds is 4. The molecule has 23 heavy (non-hydrogen) atoms. The topological polar surface area (TPSA) is 85.3 Å². The average Bonchev–Trinajstić information content (AvgIpc) is 3.21. The molecular formula is C16H22N4O3. The Bertz CT molecular complexity index is 684. The van der Waals surface area contributed by atoms with Crippen LogP contribution in [0.25, 0.3) is 0 Å². The van der Waals surface area contributed by atoms with E-state index in [0.717, 1.165) is 30.6 Å². The van der Waals surface area contributed by atoms with E-state index in [4.69, 9.17) is 9.05 Å². The normalized spacial score (nSPS) is 18.1. The lowest BCUT2D eigenvalue weighted by Crippen LogP contribution is -2.32. The van der Waals surface area contributed by atoms with Crippen molar-refractivity contribution in [3.8, 4) is 0 Å². The van der Waals surface area contributed by atoms with Crippen molar-refractivity contribution < 1.29 is 13.8 Å². The van der Waals surface area contributed by atoms with Gasteiger partial charge in [0, 0.05) is 18.0 Å². The second-order valence-electron chi connectivity index (χ2n) is 6.37. The molecule has 1 atom stereocenters. The number of likely N-dealkylation sites (tertiary alicyclic amines) is 1. The number of nitrogens with zero attached hydrogens (tertiary/aromatic N) is 4. The van der Waals surface area contributed by atoms with Crippen LogP contribution in [0.1, 0.15) is 67.4 Å². The third-order valence-electron chi connectivity index (χ3n) is 4.33. The molecule has 1 fully saturated rings. The predicted octanol–water partition coefficient (Wildman–Crippen LogP) is 2.70. The van der Waals surface area contributed by atoms with Gasteiger partial charge in [-0.3, -0.25) is 4.79 Å². The van der Waals surface area contributed by atoms with Crippen LogP contribution in [0, 0.1) is 13.8 Å². The second kappa shape index (κ2) is 6.14. The van der Waals surface area contributed by atoms with E-state index in [1.165, 1.54) is 0 Å². The molecule has 124 valence electrons. The van der Waals surface area contributed by atoms with Gasteiger partial charge in [-0.2, -0.15) is 4.98 Å². The summed E-state index contributed by atoms with van der Waals surface area (Å²) in [7, 11) is 0. The number of hydrogen-bond acceptors (Lipinski definition) is 6. The number of hydrogen-bond donors (Lipinski definition) is 0. The van der Waals surface area contributed by atoms with Crippen LogP contribution in [-0.2, 0) is 11.2 Å². The molecule has 1 aliphatic rings. The molecule has 0 bridgehead atoms. The van der Waals surface area contributed by atoms with Crippen molar-refractivity contribution in [2.75, 3.05) is 6.54 Å². The fourth-order valence-electron chi connectivity index (χ4n) is 2.96. The highest BCUT2D eigenvalue weighted by atomic mass is 16.5. The van der Waals surface area contributed by atoms with E-state index in [1.54, 1.807) is 0 Å². The maximum atomic E-state index is 12.7. The van der Waals surface area contributed by atoms with Crippen molar-refractivity contribution in [3.63, 3.8) is 0 Å². The Kier molecular flexibility index (Phi) is 4.19. The Morgan fingerprint density at radius 1 is 1.30 bits per heavy atom. The SMILES string of the molecule is Cc1noc(C)c1CC(=O)N1CCCC1c1noc(C(C)C)n1. The molecule has 0 saturated carbocycles. The summed E-state index contributed by atoms with van der Waals surface area (Å²) in [5.74, 6) is 2.17. The first-order valence-corrected chi connectivity index (χ1v) is 8.02. The third-order valence-corrected chi connectivity index (χ3v) is 4.33. The number of carbonyl (C=O) groups excluding carboxylic acids is 1. The van der Waals surface area contributed by atoms with Gasteiger partial charge in [0.2, 0.25) is 11.8 Å². The summed E-state index contributed by atoms with van der Waals surface area (Å²) in [4.78, 5) is 19.0. The Labute approximate surface area is 135 Å². The summed E-state index contributed by atoms with van der Waals surface area (Å²) in [5.41, 5.74) is 1.64. The highest BCUT2D eigenvalue weighted by molar-refractivity contribution is 5.79. The van der Waals surface area contributed by atoms with Crippen molar-refractivity contribution in [2.24, 2.45) is 0 Å². The van der Waals surface area contributed by atoms with Gasteiger partial charge in [0.25, 0.3) is 0 Å². The molecule has 1 unspecified atom stereocenters. The first-order valence-electron chi connectivity index (χ1n) is 8.02. The van der Waals surface area contributed by atoms with Gasteiger partial charge < -0.3 is 13.9 Å². The zero-order valence-electron chi connectivity index (χ0n) is 14.0. The van der Waals surface area contributed by atoms with Crippen molar-refractivity contribution in [3.05, 3.63) is 28.7 Å². The quantitative estimate of drug-likeness (QED) is 0.861. The van der Waals surface area contributed by atoms with Crippen LogP contribution < -0.4 is 0 Å². The summed E-state index contributed by atoms with van der Waals surface area (Å²) < 4.78 is 10.4. The lowest BCUT2D eigenvalue weighted by atomic mass is 10.1. The fraction of sp³-hybridized carbons (Fsp3) is 0.625. The number of amides is 1. The van der Waals surface area contributed by atoms with E-state index in [9.17, 15) is 4.79 Å². The number of aromatic nitrogens is 3. The molecule has 2 aromatic rings. The number of aryl methyl sites for hydroxylation is 2. The van der Waals surface area contributed by atoms with Crippen LogP contribution in [-0.4, -0.2) is 32.6 Å². The molecule has 7 heteroatoms. The summed E-state index contributed by atoms with van der Waals surface area (Å²) in [5, 5.41) is 7.98. The molecule has 1 amide bonds. The van der Waals surface area contributed by atoms with Gasteiger partial charge in [-0.25, -0.2) is 0 Å². The second-order valence-corrected chi connectivity index (χ2v) is 6.37. The van der Waals surface area contributed by atoms with Crippen molar-refractivity contribution in [1.82, 2.24) is 20.2 Å². The summed E-state index contributed by atoms with van der Waals surface area (Å²) >= 11 is 0. The minimum Gasteiger partial charge on any atom is -0.361 e. The summed E-state index contributed by atoms with van der Waals surface area (Å²) in [6.45, 7) is 8.42. The molecular weight excluding hydrogens is 296 g/mol. The predicted molar refractivity (Wildman–Crippen MR) is 81.8 cm³/mol. The van der Waals surface area contributed by atoms with Gasteiger partial charge in [0.05, 0.1) is 18.2 Å². The zero-order chi connectivity index (χ0) is 16.6. The van der Waals surface area contributed by atoms with Gasteiger partial charge in [-0.15, -0.1) is 0 Å². The third kappa shape index (κ3) is 3.00. The van der Waals surface area contributed by atoms with Gasteiger partial charge in [0.1, 0.15) is 5.76 Å². The standard InChI is InChI=1S/C16H22N4O3/c1-9(2)16-17-15(19-23-16)13-6-5-7-20(13)14(21)8-12-10(3)18-22-11(12)4/h9,13H,5-8H2,1-4H3. The van der Waals surface area contributed by atoms with E-state index in [0.29, 0.717) is 23.9 Å². The van der Waals surface area contributed by atoms with Crippen molar-refractivity contribution in [1.29, 1.82) is 0 Å². The lowest BCUT2D eigenvalue weighted by molar-refractivity contribution is -0.131. The molecule has 3 heterocycles. The zero-order valence-corrected chi connectivity index (χ0v) is 14.0. The molecule has 3 rings (SSSR count).